The van der Waals surface area contributed by atoms with Gasteiger partial charge in [-0.3, -0.25) is 19.5 Å². The maximum absolute atomic E-state index is 16.0. The maximum atomic E-state index is 16.0. The van der Waals surface area contributed by atoms with Gasteiger partial charge in [-0.1, -0.05) is 40.3 Å². The summed E-state index contributed by atoms with van der Waals surface area (Å²) in [5, 5.41) is 10.5. The number of amidine groups is 1. The molecule has 3 aromatic rings. The number of phenolic OH excluding ortho intramolecular Hbond substituents is 1. The SMILES string of the molecule is C=CC(=O)N1CCN(C(=NC)c2cc(F)c(-c3c(O)cccc3F)nc2N(C=O)c2c(C(C)C)ncnc2C(C)C)C(C)C1. The van der Waals surface area contributed by atoms with Crippen molar-refractivity contribution in [2.75, 3.05) is 31.6 Å². The van der Waals surface area contributed by atoms with E-state index >= 15 is 8.78 Å². The lowest BCUT2D eigenvalue weighted by molar-refractivity contribution is -0.128. The van der Waals surface area contributed by atoms with E-state index < -0.39 is 28.6 Å². The van der Waals surface area contributed by atoms with E-state index in [2.05, 4.69) is 26.5 Å². The monoisotopic (exact) mass is 605 g/mol. The number of carbonyl (C=O) groups is 2. The van der Waals surface area contributed by atoms with Crippen molar-refractivity contribution in [1.82, 2.24) is 24.8 Å². The molecule has 232 valence electrons. The zero-order valence-electron chi connectivity index (χ0n) is 25.8. The van der Waals surface area contributed by atoms with Crippen molar-refractivity contribution in [3.63, 3.8) is 0 Å². The standard InChI is InChI=1S/C32H37F2N7O3/c1-8-25(44)39-12-13-40(20(6)15-39)31(35-7)21-14-23(34)29(26-22(33)10-9-11-24(26)43)38-32(21)41(17-42)30-27(18(2)3)36-16-37-28(30)19(4)5/h8-11,14,16-20,43H,1,12-13,15H2,2-7H3. The molecule has 1 aromatic carbocycles. The van der Waals surface area contributed by atoms with Gasteiger partial charge >= 0.3 is 0 Å². The zero-order valence-corrected chi connectivity index (χ0v) is 25.8. The van der Waals surface area contributed by atoms with E-state index in [0.717, 1.165) is 12.1 Å². The number of halogens is 2. The highest BCUT2D eigenvalue weighted by molar-refractivity contribution is 6.07. The predicted octanol–water partition coefficient (Wildman–Crippen LogP) is 5.16. The number of anilines is 2. The fourth-order valence-electron chi connectivity index (χ4n) is 5.46. The molecule has 1 atom stereocenters. The number of piperazine rings is 1. The smallest absolute Gasteiger partial charge is 0.246 e. The van der Waals surface area contributed by atoms with Gasteiger partial charge in [-0.05, 0) is 43.0 Å². The fourth-order valence-corrected chi connectivity index (χ4v) is 5.46. The lowest BCUT2D eigenvalue weighted by Crippen LogP contribution is -2.55. The van der Waals surface area contributed by atoms with Crippen LogP contribution >= 0.6 is 0 Å². The van der Waals surface area contributed by atoms with Crippen LogP contribution in [-0.2, 0) is 9.59 Å². The average molecular weight is 606 g/mol. The third-order valence-electron chi connectivity index (χ3n) is 7.57. The van der Waals surface area contributed by atoms with Crippen LogP contribution in [0.4, 0.5) is 20.3 Å². The third-order valence-corrected chi connectivity index (χ3v) is 7.57. The minimum atomic E-state index is -0.929. The Bertz CT molecular complexity index is 1560. The van der Waals surface area contributed by atoms with Crippen LogP contribution in [0.15, 0.2) is 48.2 Å². The van der Waals surface area contributed by atoms with Gasteiger partial charge in [0.25, 0.3) is 0 Å². The van der Waals surface area contributed by atoms with Crippen molar-refractivity contribution in [3.8, 4) is 17.0 Å². The van der Waals surface area contributed by atoms with Crippen molar-refractivity contribution in [1.29, 1.82) is 0 Å². The molecule has 1 unspecified atom stereocenters. The molecule has 3 heterocycles. The van der Waals surface area contributed by atoms with Gasteiger partial charge in [0.1, 0.15) is 29.4 Å². The lowest BCUT2D eigenvalue weighted by atomic mass is 10.00. The van der Waals surface area contributed by atoms with Crippen molar-refractivity contribution in [3.05, 3.63) is 71.8 Å². The number of phenols is 1. The molecule has 0 bridgehead atoms. The summed E-state index contributed by atoms with van der Waals surface area (Å²) in [6, 6.07) is 4.51. The first-order valence-electron chi connectivity index (χ1n) is 14.4. The molecule has 1 aliphatic heterocycles. The first-order valence-corrected chi connectivity index (χ1v) is 14.4. The minimum absolute atomic E-state index is 0.0462. The minimum Gasteiger partial charge on any atom is -0.507 e. The lowest BCUT2D eigenvalue weighted by Gasteiger charge is -2.41. The topological polar surface area (TPSA) is 115 Å². The number of hydrogen-bond donors (Lipinski definition) is 1. The van der Waals surface area contributed by atoms with Gasteiger partial charge in [0.05, 0.1) is 28.2 Å². The van der Waals surface area contributed by atoms with Crippen molar-refractivity contribution >= 4 is 29.7 Å². The maximum Gasteiger partial charge on any atom is 0.246 e. The van der Waals surface area contributed by atoms with E-state index in [1.165, 1.54) is 36.5 Å². The Hall–Kier alpha value is -4.74. The second-order valence-corrected chi connectivity index (χ2v) is 11.2. The van der Waals surface area contributed by atoms with Crippen LogP contribution in [0.3, 0.4) is 0 Å². The Morgan fingerprint density at radius 1 is 1.14 bits per heavy atom. The summed E-state index contributed by atoms with van der Waals surface area (Å²) in [5.74, 6) is -2.53. The molecule has 0 aliphatic carbocycles. The first kappa shape index (κ1) is 32.2. The average Bonchev–Trinajstić information content (AvgIpc) is 2.99. The number of pyridine rings is 1. The van der Waals surface area contributed by atoms with Crippen molar-refractivity contribution in [2.24, 2.45) is 4.99 Å². The van der Waals surface area contributed by atoms with Gasteiger partial charge in [-0.2, -0.15) is 0 Å². The first-order chi connectivity index (χ1) is 20.9. The normalized spacial score (nSPS) is 15.6. The van der Waals surface area contributed by atoms with E-state index in [1.54, 1.807) is 4.90 Å². The Morgan fingerprint density at radius 3 is 2.32 bits per heavy atom. The summed E-state index contributed by atoms with van der Waals surface area (Å²) < 4.78 is 31.1. The highest BCUT2D eigenvalue weighted by Crippen LogP contribution is 2.40. The van der Waals surface area contributed by atoms with Gasteiger partial charge < -0.3 is 14.9 Å². The molecule has 12 heteroatoms. The summed E-state index contributed by atoms with van der Waals surface area (Å²) in [6.07, 6.45) is 3.24. The number of rotatable bonds is 8. The Morgan fingerprint density at radius 2 is 1.80 bits per heavy atom. The molecule has 1 fully saturated rings. The second kappa shape index (κ2) is 13.3. The Kier molecular flexibility index (Phi) is 9.71. The van der Waals surface area contributed by atoms with Gasteiger partial charge in [0.15, 0.2) is 11.6 Å². The van der Waals surface area contributed by atoms with Gasteiger partial charge in [-0.15, -0.1) is 0 Å². The van der Waals surface area contributed by atoms with Crippen molar-refractivity contribution in [2.45, 2.75) is 52.5 Å². The van der Waals surface area contributed by atoms with Crippen LogP contribution in [-0.4, -0.2) is 80.7 Å². The highest BCUT2D eigenvalue weighted by Gasteiger charge is 2.34. The molecule has 0 spiro atoms. The number of amides is 2. The molecule has 1 N–H and O–H groups in total. The van der Waals surface area contributed by atoms with E-state index in [-0.39, 0.29) is 35.2 Å². The van der Waals surface area contributed by atoms with Gasteiger partial charge in [0.2, 0.25) is 12.3 Å². The molecule has 44 heavy (non-hydrogen) atoms. The summed E-state index contributed by atoms with van der Waals surface area (Å²) in [5.41, 5.74) is 0.721. The van der Waals surface area contributed by atoms with E-state index in [0.29, 0.717) is 49.0 Å². The van der Waals surface area contributed by atoms with E-state index in [9.17, 15) is 14.7 Å². The Balaban J connectivity index is 2.02. The van der Waals surface area contributed by atoms with Crippen LogP contribution in [0.1, 0.15) is 63.4 Å². The number of benzene rings is 1. The summed E-state index contributed by atoms with van der Waals surface area (Å²) >= 11 is 0. The second-order valence-electron chi connectivity index (χ2n) is 11.2. The molecule has 10 nitrogen and oxygen atoms in total. The predicted molar refractivity (Wildman–Crippen MR) is 165 cm³/mol. The van der Waals surface area contributed by atoms with Crippen LogP contribution in [0.2, 0.25) is 0 Å². The molecular weight excluding hydrogens is 568 g/mol. The Labute approximate surface area is 255 Å². The van der Waals surface area contributed by atoms with E-state index in [1.807, 2.05) is 39.5 Å². The fraction of sp³-hybridized carbons (Fsp3) is 0.375. The number of nitrogens with zero attached hydrogens (tertiary/aromatic N) is 7. The summed E-state index contributed by atoms with van der Waals surface area (Å²) in [6.45, 7) is 14.2. The number of aliphatic imine (C=N–C) groups is 1. The quantitative estimate of drug-likeness (QED) is 0.163. The molecular formula is C32H37F2N7O3. The number of carbonyl (C=O) groups excluding carboxylic acids is 2. The third kappa shape index (κ3) is 6.01. The van der Waals surface area contributed by atoms with Gasteiger partial charge in [-0.25, -0.2) is 23.7 Å². The number of aromatic hydroxyl groups is 1. The molecule has 2 amide bonds. The van der Waals surface area contributed by atoms with Crippen LogP contribution in [0.5, 0.6) is 5.75 Å². The van der Waals surface area contributed by atoms with E-state index in [4.69, 9.17) is 0 Å². The molecule has 0 radical (unpaired) electrons. The van der Waals surface area contributed by atoms with Gasteiger partial charge in [0, 0.05) is 32.7 Å². The summed E-state index contributed by atoms with van der Waals surface area (Å²) in [4.78, 5) is 48.2. The molecule has 1 aliphatic rings. The molecule has 1 saturated heterocycles. The van der Waals surface area contributed by atoms with Crippen LogP contribution in [0.25, 0.3) is 11.3 Å². The molecule has 0 saturated carbocycles. The largest absolute Gasteiger partial charge is 0.507 e. The molecule has 2 aromatic heterocycles. The zero-order chi connectivity index (χ0) is 32.3. The number of aromatic nitrogens is 3. The van der Waals surface area contributed by atoms with Crippen LogP contribution < -0.4 is 4.90 Å². The highest BCUT2D eigenvalue weighted by atomic mass is 19.1. The van der Waals surface area contributed by atoms with Crippen molar-refractivity contribution < 1.29 is 23.5 Å². The summed E-state index contributed by atoms with van der Waals surface area (Å²) in [7, 11) is 1.54. The van der Waals surface area contributed by atoms with Crippen LogP contribution in [0, 0.1) is 11.6 Å². The molecule has 4 rings (SSSR count). The number of hydrogen-bond acceptors (Lipinski definition) is 7.